The van der Waals surface area contributed by atoms with Crippen LogP contribution in [-0.2, 0) is 0 Å². The highest BCUT2D eigenvalue weighted by Crippen LogP contribution is 2.20. The van der Waals surface area contributed by atoms with Gasteiger partial charge in [0, 0.05) is 0 Å². The smallest absolute Gasteiger partial charge is 0.254 e. The third kappa shape index (κ3) is 3.04. The Bertz CT molecular complexity index is 673. The molecule has 0 aliphatic carbocycles. The first-order valence-electron chi connectivity index (χ1n) is 6.10. The van der Waals surface area contributed by atoms with Crippen LogP contribution < -0.4 is 5.32 Å². The van der Waals surface area contributed by atoms with Gasteiger partial charge in [-0.1, -0.05) is 30.3 Å². The lowest BCUT2D eigenvalue weighted by atomic mass is 10.1. The maximum atomic E-state index is 13.5. The summed E-state index contributed by atoms with van der Waals surface area (Å²) in [6.45, 7) is 1.63. The van der Waals surface area contributed by atoms with Crippen molar-refractivity contribution in [2.24, 2.45) is 0 Å². The molecule has 2 aromatic carbocycles. The first kappa shape index (κ1) is 15.0. The molecular formula is C15H11F4NO. The normalized spacial score (nSPS) is 12.0. The molecular weight excluding hydrogens is 286 g/mol. The zero-order valence-electron chi connectivity index (χ0n) is 11.0. The van der Waals surface area contributed by atoms with Crippen molar-refractivity contribution in [3.8, 4) is 0 Å². The van der Waals surface area contributed by atoms with Crippen LogP contribution in [0.2, 0.25) is 0 Å². The number of rotatable bonds is 3. The monoisotopic (exact) mass is 297 g/mol. The van der Waals surface area contributed by atoms with E-state index in [4.69, 9.17) is 0 Å². The van der Waals surface area contributed by atoms with Gasteiger partial charge in [-0.05, 0) is 18.6 Å². The minimum atomic E-state index is -2.01. The molecule has 6 heteroatoms. The van der Waals surface area contributed by atoms with Crippen LogP contribution in [0, 0.1) is 23.3 Å². The zero-order chi connectivity index (χ0) is 15.6. The van der Waals surface area contributed by atoms with Crippen LogP contribution in [0.15, 0.2) is 36.4 Å². The van der Waals surface area contributed by atoms with E-state index in [-0.39, 0.29) is 0 Å². The predicted octanol–water partition coefficient (Wildman–Crippen LogP) is 3.73. The SMILES string of the molecule is C[C@@H](NC(=O)c1cc(F)c(F)c(F)c1F)c1ccccc1. The zero-order valence-corrected chi connectivity index (χ0v) is 11.0. The number of amides is 1. The minimum absolute atomic E-state index is 0.334. The van der Waals surface area contributed by atoms with Crippen molar-refractivity contribution < 1.29 is 22.4 Å². The fourth-order valence-corrected chi connectivity index (χ4v) is 1.84. The van der Waals surface area contributed by atoms with Gasteiger partial charge < -0.3 is 5.32 Å². The summed E-state index contributed by atoms with van der Waals surface area (Å²) in [5.74, 6) is -8.31. The van der Waals surface area contributed by atoms with Crippen molar-refractivity contribution in [2.75, 3.05) is 0 Å². The second-order valence-electron chi connectivity index (χ2n) is 4.45. The number of carbonyl (C=O) groups excluding carboxylic acids is 1. The Morgan fingerprint density at radius 2 is 1.62 bits per heavy atom. The van der Waals surface area contributed by atoms with E-state index in [0.717, 1.165) is 5.56 Å². The molecule has 1 N–H and O–H groups in total. The molecule has 0 spiro atoms. The van der Waals surface area contributed by atoms with Gasteiger partial charge in [0.1, 0.15) is 0 Å². The Kier molecular flexibility index (Phi) is 4.26. The standard InChI is InChI=1S/C15H11F4NO/c1-8(9-5-3-2-4-6-9)20-15(21)10-7-11(16)13(18)14(19)12(10)17/h2-8H,1H3,(H,20,21)/t8-/m1/s1. The van der Waals surface area contributed by atoms with E-state index in [0.29, 0.717) is 6.07 Å². The number of hydrogen-bond acceptors (Lipinski definition) is 1. The van der Waals surface area contributed by atoms with Gasteiger partial charge in [-0.2, -0.15) is 0 Å². The van der Waals surface area contributed by atoms with E-state index >= 15 is 0 Å². The van der Waals surface area contributed by atoms with Crippen LogP contribution in [-0.4, -0.2) is 5.91 Å². The van der Waals surface area contributed by atoms with Gasteiger partial charge >= 0.3 is 0 Å². The molecule has 0 fully saturated rings. The molecule has 110 valence electrons. The van der Waals surface area contributed by atoms with Gasteiger partial charge in [-0.3, -0.25) is 4.79 Å². The minimum Gasteiger partial charge on any atom is -0.345 e. The van der Waals surface area contributed by atoms with Crippen molar-refractivity contribution in [3.63, 3.8) is 0 Å². The van der Waals surface area contributed by atoms with E-state index in [1.54, 1.807) is 37.3 Å². The summed E-state index contributed by atoms with van der Waals surface area (Å²) < 4.78 is 52.5. The molecule has 1 amide bonds. The van der Waals surface area contributed by atoms with Crippen molar-refractivity contribution in [1.82, 2.24) is 5.32 Å². The molecule has 0 heterocycles. The predicted molar refractivity (Wildman–Crippen MR) is 68.6 cm³/mol. The van der Waals surface area contributed by atoms with Gasteiger partial charge in [-0.25, -0.2) is 17.6 Å². The van der Waals surface area contributed by atoms with E-state index in [2.05, 4.69) is 5.32 Å². The molecule has 0 aliphatic rings. The lowest BCUT2D eigenvalue weighted by molar-refractivity contribution is 0.0933. The number of benzene rings is 2. The van der Waals surface area contributed by atoms with Crippen LogP contribution in [0.3, 0.4) is 0 Å². The van der Waals surface area contributed by atoms with Crippen LogP contribution in [0.5, 0.6) is 0 Å². The molecule has 0 aliphatic heterocycles. The molecule has 0 aromatic heterocycles. The summed E-state index contributed by atoms with van der Waals surface area (Å²) in [6.07, 6.45) is 0. The Balaban J connectivity index is 2.26. The van der Waals surface area contributed by atoms with E-state index in [9.17, 15) is 22.4 Å². The maximum absolute atomic E-state index is 13.5. The van der Waals surface area contributed by atoms with Gasteiger partial charge in [0.05, 0.1) is 11.6 Å². The topological polar surface area (TPSA) is 29.1 Å². The van der Waals surface area contributed by atoms with Crippen LogP contribution in [0.4, 0.5) is 17.6 Å². The first-order valence-corrected chi connectivity index (χ1v) is 6.10. The summed E-state index contributed by atoms with van der Waals surface area (Å²) in [7, 11) is 0. The van der Waals surface area contributed by atoms with E-state index < -0.39 is 40.8 Å². The Morgan fingerprint density at radius 1 is 1.00 bits per heavy atom. The molecule has 0 bridgehead atoms. The first-order chi connectivity index (χ1) is 9.91. The fourth-order valence-electron chi connectivity index (χ4n) is 1.84. The fraction of sp³-hybridized carbons (Fsp3) is 0.133. The highest BCUT2D eigenvalue weighted by molar-refractivity contribution is 5.94. The average Bonchev–Trinajstić information content (AvgIpc) is 2.49. The van der Waals surface area contributed by atoms with Crippen molar-refractivity contribution in [1.29, 1.82) is 0 Å². The highest BCUT2D eigenvalue weighted by Gasteiger charge is 2.23. The molecule has 0 saturated carbocycles. The number of hydrogen-bond donors (Lipinski definition) is 1. The summed E-state index contributed by atoms with van der Waals surface area (Å²) in [6, 6.07) is 8.56. The Labute approximate surface area is 118 Å². The second kappa shape index (κ2) is 5.95. The summed E-state index contributed by atoms with van der Waals surface area (Å²) in [5.41, 5.74) is -0.150. The van der Waals surface area contributed by atoms with Gasteiger partial charge in [-0.15, -0.1) is 0 Å². The summed E-state index contributed by atoms with van der Waals surface area (Å²) in [4.78, 5) is 11.9. The summed E-state index contributed by atoms with van der Waals surface area (Å²) in [5, 5.41) is 2.39. The van der Waals surface area contributed by atoms with Gasteiger partial charge in [0.2, 0.25) is 0 Å². The number of halogens is 4. The van der Waals surface area contributed by atoms with E-state index in [1.807, 2.05) is 0 Å². The number of carbonyl (C=O) groups is 1. The van der Waals surface area contributed by atoms with Crippen molar-refractivity contribution in [2.45, 2.75) is 13.0 Å². The Morgan fingerprint density at radius 3 is 2.24 bits per heavy atom. The quantitative estimate of drug-likeness (QED) is 0.522. The molecule has 2 rings (SSSR count). The third-order valence-electron chi connectivity index (χ3n) is 2.99. The molecule has 2 nitrogen and oxygen atoms in total. The van der Waals surface area contributed by atoms with Crippen LogP contribution >= 0.6 is 0 Å². The van der Waals surface area contributed by atoms with E-state index in [1.165, 1.54) is 0 Å². The van der Waals surface area contributed by atoms with Crippen LogP contribution in [0.1, 0.15) is 28.9 Å². The maximum Gasteiger partial charge on any atom is 0.254 e. The molecule has 0 unspecified atom stereocenters. The molecule has 2 aromatic rings. The molecule has 0 saturated heterocycles. The number of nitrogens with one attached hydrogen (secondary N) is 1. The van der Waals surface area contributed by atoms with Crippen LogP contribution in [0.25, 0.3) is 0 Å². The van der Waals surface area contributed by atoms with Crippen molar-refractivity contribution in [3.05, 3.63) is 70.8 Å². The lowest BCUT2D eigenvalue weighted by Crippen LogP contribution is -2.28. The largest absolute Gasteiger partial charge is 0.345 e. The summed E-state index contributed by atoms with van der Waals surface area (Å²) >= 11 is 0. The average molecular weight is 297 g/mol. The second-order valence-corrected chi connectivity index (χ2v) is 4.45. The molecule has 0 radical (unpaired) electrons. The van der Waals surface area contributed by atoms with Gasteiger partial charge in [0.15, 0.2) is 23.3 Å². The molecule has 21 heavy (non-hydrogen) atoms. The van der Waals surface area contributed by atoms with Gasteiger partial charge in [0.25, 0.3) is 5.91 Å². The highest BCUT2D eigenvalue weighted by atomic mass is 19.2. The Hall–Kier alpha value is -2.37. The van der Waals surface area contributed by atoms with Crippen molar-refractivity contribution >= 4 is 5.91 Å². The third-order valence-corrected chi connectivity index (χ3v) is 2.99. The molecule has 1 atom stereocenters. The lowest BCUT2D eigenvalue weighted by Gasteiger charge is -2.15.